The first-order chi connectivity index (χ1) is 14.8. The molecule has 8 heteroatoms. The minimum absolute atomic E-state index is 0. The summed E-state index contributed by atoms with van der Waals surface area (Å²) in [5.74, 6) is 1.61. The molecule has 3 atom stereocenters. The smallest absolute Gasteiger partial charge is 0.193 e. The molecule has 7 nitrogen and oxygen atoms in total. The van der Waals surface area contributed by atoms with Gasteiger partial charge in [0, 0.05) is 52.2 Å². The number of rotatable bonds is 5. The number of hydrogen-bond donors (Lipinski definition) is 1. The highest BCUT2D eigenvalue weighted by Crippen LogP contribution is 2.27. The Hall–Kier alpha value is -1.65. The van der Waals surface area contributed by atoms with Crippen LogP contribution in [0.25, 0.3) is 0 Å². The summed E-state index contributed by atoms with van der Waals surface area (Å²) in [7, 11) is 1.89. The minimum atomic E-state index is 0. The summed E-state index contributed by atoms with van der Waals surface area (Å²) < 4.78 is 7.82. The summed E-state index contributed by atoms with van der Waals surface area (Å²) in [4.78, 5) is 13.8. The van der Waals surface area contributed by atoms with E-state index in [0.717, 1.165) is 58.3 Å². The van der Waals surface area contributed by atoms with Crippen molar-refractivity contribution in [2.45, 2.75) is 25.4 Å². The molecular weight excluding hydrogens is 503 g/mol. The number of aromatic nitrogens is 2. The number of halogens is 1. The summed E-state index contributed by atoms with van der Waals surface area (Å²) >= 11 is 0. The van der Waals surface area contributed by atoms with Crippen LogP contribution < -0.4 is 5.32 Å². The molecule has 3 heterocycles. The molecule has 3 unspecified atom stereocenters. The molecular formula is C23H35IN6O. The summed E-state index contributed by atoms with van der Waals surface area (Å²) in [5, 5.41) is 3.68. The molecule has 2 aromatic rings. The fourth-order valence-corrected chi connectivity index (χ4v) is 4.64. The van der Waals surface area contributed by atoms with Crippen molar-refractivity contribution >= 4 is 29.9 Å². The molecule has 0 saturated carbocycles. The van der Waals surface area contributed by atoms with E-state index in [9.17, 15) is 0 Å². The molecule has 0 bridgehead atoms. The van der Waals surface area contributed by atoms with Crippen LogP contribution in [0.15, 0.2) is 54.0 Å². The Morgan fingerprint density at radius 1 is 1.23 bits per heavy atom. The number of hydrogen-bond acceptors (Lipinski definition) is 4. The van der Waals surface area contributed by atoms with Crippen LogP contribution in [0.3, 0.4) is 0 Å². The van der Waals surface area contributed by atoms with E-state index in [2.05, 4.69) is 73.1 Å². The second kappa shape index (κ2) is 11.8. The highest BCUT2D eigenvalue weighted by atomic mass is 127. The van der Waals surface area contributed by atoms with E-state index in [1.54, 1.807) is 0 Å². The van der Waals surface area contributed by atoms with Gasteiger partial charge in [-0.25, -0.2) is 4.98 Å². The molecule has 2 saturated heterocycles. The molecule has 0 amide bonds. The van der Waals surface area contributed by atoms with Gasteiger partial charge in [-0.05, 0) is 17.9 Å². The largest absolute Gasteiger partial charge is 0.379 e. The van der Waals surface area contributed by atoms with Crippen LogP contribution in [0, 0.1) is 5.92 Å². The zero-order chi connectivity index (χ0) is 20.8. The number of nitrogens with one attached hydrogen (secondary N) is 1. The van der Waals surface area contributed by atoms with Gasteiger partial charge in [-0.2, -0.15) is 0 Å². The van der Waals surface area contributed by atoms with Gasteiger partial charge in [-0.15, -0.1) is 24.0 Å². The van der Waals surface area contributed by atoms with Crippen molar-refractivity contribution in [1.29, 1.82) is 0 Å². The van der Waals surface area contributed by atoms with Crippen molar-refractivity contribution in [3.63, 3.8) is 0 Å². The first-order valence-electron chi connectivity index (χ1n) is 11.1. The van der Waals surface area contributed by atoms with Gasteiger partial charge in [0.2, 0.25) is 0 Å². The van der Waals surface area contributed by atoms with Crippen LogP contribution in [0.1, 0.15) is 31.0 Å². The van der Waals surface area contributed by atoms with Crippen LogP contribution in [0.4, 0.5) is 0 Å². The molecule has 1 aromatic heterocycles. The number of aliphatic imine (C=N–C) groups is 1. The van der Waals surface area contributed by atoms with Gasteiger partial charge in [0.25, 0.3) is 0 Å². The third-order valence-electron chi connectivity index (χ3n) is 6.46. The van der Waals surface area contributed by atoms with Crippen molar-refractivity contribution in [2.24, 2.45) is 10.9 Å². The van der Waals surface area contributed by atoms with Gasteiger partial charge in [-0.3, -0.25) is 9.89 Å². The quantitative estimate of drug-likeness (QED) is 0.361. The lowest BCUT2D eigenvalue weighted by Crippen LogP contribution is -2.51. The molecule has 1 N–H and O–H groups in total. The van der Waals surface area contributed by atoms with E-state index < -0.39 is 0 Å². The number of likely N-dealkylation sites (tertiary alicyclic amines) is 1. The van der Waals surface area contributed by atoms with Crippen molar-refractivity contribution in [2.75, 3.05) is 53.0 Å². The Kier molecular flexibility index (Phi) is 9.15. The van der Waals surface area contributed by atoms with E-state index in [4.69, 9.17) is 4.74 Å². The SMILES string of the molecule is CN=C(NCC(c1ccccc1)N1CCOCC1)N1CCC(C)C(n2ccnc2)C1.I. The number of imidazole rings is 1. The van der Waals surface area contributed by atoms with Crippen LogP contribution >= 0.6 is 24.0 Å². The lowest BCUT2D eigenvalue weighted by atomic mass is 9.93. The molecule has 2 aliphatic heterocycles. The first-order valence-corrected chi connectivity index (χ1v) is 11.1. The zero-order valence-corrected chi connectivity index (χ0v) is 20.9. The Labute approximate surface area is 202 Å². The van der Waals surface area contributed by atoms with Crippen molar-refractivity contribution < 1.29 is 4.74 Å². The standard InChI is InChI=1S/C23H34N6O.HI/c1-19-8-10-28(17-22(19)29-11-9-25-18-29)23(24-2)26-16-21(20-6-4-3-5-7-20)27-12-14-30-15-13-27;/h3-7,9,11,18-19,21-22H,8,10,12-17H2,1-2H3,(H,24,26);1H. The average Bonchev–Trinajstić information content (AvgIpc) is 3.33. The number of morpholine rings is 1. The average molecular weight is 538 g/mol. The van der Waals surface area contributed by atoms with E-state index >= 15 is 0 Å². The number of benzene rings is 1. The fourth-order valence-electron chi connectivity index (χ4n) is 4.64. The summed E-state index contributed by atoms with van der Waals surface area (Å²) in [6, 6.07) is 11.5. The fraction of sp³-hybridized carbons (Fsp3) is 0.565. The predicted octanol–water partition coefficient (Wildman–Crippen LogP) is 3.03. The lowest BCUT2D eigenvalue weighted by Gasteiger charge is -2.40. The molecule has 31 heavy (non-hydrogen) atoms. The topological polar surface area (TPSA) is 57.9 Å². The second-order valence-electron chi connectivity index (χ2n) is 8.29. The Balaban J connectivity index is 0.00000272. The van der Waals surface area contributed by atoms with E-state index in [0.29, 0.717) is 18.0 Å². The minimum Gasteiger partial charge on any atom is -0.379 e. The lowest BCUT2D eigenvalue weighted by molar-refractivity contribution is 0.0168. The second-order valence-corrected chi connectivity index (χ2v) is 8.29. The predicted molar refractivity (Wildman–Crippen MR) is 135 cm³/mol. The third-order valence-corrected chi connectivity index (χ3v) is 6.46. The normalized spacial score (nSPS) is 23.8. The molecule has 4 rings (SSSR count). The van der Waals surface area contributed by atoms with Gasteiger partial charge in [-0.1, -0.05) is 37.3 Å². The first kappa shape index (κ1) is 24.0. The van der Waals surface area contributed by atoms with Crippen LogP contribution in [0.2, 0.25) is 0 Å². The number of ether oxygens (including phenoxy) is 1. The van der Waals surface area contributed by atoms with Gasteiger partial charge in [0.1, 0.15) is 0 Å². The van der Waals surface area contributed by atoms with Crippen molar-refractivity contribution in [1.82, 2.24) is 24.7 Å². The van der Waals surface area contributed by atoms with Gasteiger partial charge >= 0.3 is 0 Å². The molecule has 0 spiro atoms. The Morgan fingerprint density at radius 2 is 2.00 bits per heavy atom. The highest BCUT2D eigenvalue weighted by molar-refractivity contribution is 14.0. The number of nitrogens with zero attached hydrogens (tertiary/aromatic N) is 5. The zero-order valence-electron chi connectivity index (χ0n) is 18.6. The van der Waals surface area contributed by atoms with E-state index in [-0.39, 0.29) is 24.0 Å². The van der Waals surface area contributed by atoms with E-state index in [1.807, 2.05) is 19.6 Å². The molecule has 0 radical (unpaired) electrons. The summed E-state index contributed by atoms with van der Waals surface area (Å²) in [5.41, 5.74) is 1.34. The van der Waals surface area contributed by atoms with Crippen LogP contribution in [-0.4, -0.2) is 78.3 Å². The highest BCUT2D eigenvalue weighted by Gasteiger charge is 2.30. The molecule has 2 fully saturated rings. The number of guanidine groups is 1. The Bertz CT molecular complexity index is 794. The molecule has 0 aliphatic carbocycles. The maximum Gasteiger partial charge on any atom is 0.193 e. The molecule has 170 valence electrons. The summed E-state index contributed by atoms with van der Waals surface area (Å²) in [6.07, 6.45) is 7.02. The Morgan fingerprint density at radius 3 is 2.68 bits per heavy atom. The summed E-state index contributed by atoms with van der Waals surface area (Å²) in [6.45, 7) is 8.67. The molecule has 1 aromatic carbocycles. The van der Waals surface area contributed by atoms with Gasteiger partial charge in [0.05, 0.1) is 31.6 Å². The third kappa shape index (κ3) is 5.98. The maximum absolute atomic E-state index is 5.58. The van der Waals surface area contributed by atoms with Crippen molar-refractivity contribution in [3.05, 3.63) is 54.6 Å². The maximum atomic E-state index is 5.58. The van der Waals surface area contributed by atoms with Crippen LogP contribution in [-0.2, 0) is 4.74 Å². The molecule has 2 aliphatic rings. The van der Waals surface area contributed by atoms with Gasteiger partial charge < -0.3 is 19.5 Å². The van der Waals surface area contributed by atoms with Crippen molar-refractivity contribution in [3.8, 4) is 0 Å². The monoisotopic (exact) mass is 538 g/mol. The van der Waals surface area contributed by atoms with E-state index in [1.165, 1.54) is 5.56 Å². The van der Waals surface area contributed by atoms with Gasteiger partial charge in [0.15, 0.2) is 5.96 Å². The number of piperidine rings is 1. The van der Waals surface area contributed by atoms with Crippen LogP contribution in [0.5, 0.6) is 0 Å².